The van der Waals surface area contributed by atoms with Crippen LogP contribution in [0.3, 0.4) is 0 Å². The van der Waals surface area contributed by atoms with Crippen molar-refractivity contribution in [1.82, 2.24) is 0 Å². The van der Waals surface area contributed by atoms with Crippen LogP contribution in [0, 0.1) is 0 Å². The second-order valence-corrected chi connectivity index (χ2v) is 6.82. The zero-order valence-corrected chi connectivity index (χ0v) is 14.3. The number of rotatable bonds is 3. The van der Waals surface area contributed by atoms with Gasteiger partial charge in [0.05, 0.1) is 10.4 Å². The lowest BCUT2D eigenvalue weighted by atomic mass is 10.0. The maximum atomic E-state index is 6.55. The van der Waals surface area contributed by atoms with Gasteiger partial charge in [-0.05, 0) is 56.4 Å². The molecule has 0 saturated heterocycles. The van der Waals surface area contributed by atoms with Crippen LogP contribution in [0.4, 0.5) is 0 Å². The van der Waals surface area contributed by atoms with Crippen molar-refractivity contribution in [2.75, 3.05) is 0 Å². The summed E-state index contributed by atoms with van der Waals surface area (Å²) in [7, 11) is 0. The van der Waals surface area contributed by atoms with E-state index in [1.807, 2.05) is 18.2 Å². The SMILES string of the molecule is Clc1ccc(C(Cl)Cc2ccc3ccccc3c2)cc1Br. The summed E-state index contributed by atoms with van der Waals surface area (Å²) >= 11 is 16.0. The van der Waals surface area contributed by atoms with E-state index in [9.17, 15) is 0 Å². The molecule has 0 aromatic heterocycles. The topological polar surface area (TPSA) is 0 Å². The van der Waals surface area contributed by atoms with Gasteiger partial charge in [0, 0.05) is 4.47 Å². The van der Waals surface area contributed by atoms with Crippen molar-refractivity contribution in [3.63, 3.8) is 0 Å². The minimum absolute atomic E-state index is 0.0697. The van der Waals surface area contributed by atoms with Gasteiger partial charge in [-0.25, -0.2) is 0 Å². The molecule has 0 saturated carbocycles. The molecule has 3 aromatic rings. The van der Waals surface area contributed by atoms with Crippen LogP contribution in [0.2, 0.25) is 5.02 Å². The summed E-state index contributed by atoms with van der Waals surface area (Å²) < 4.78 is 0.880. The van der Waals surface area contributed by atoms with Crippen LogP contribution in [-0.2, 0) is 6.42 Å². The largest absolute Gasteiger partial charge is 0.117 e. The second-order valence-electron chi connectivity index (χ2n) is 5.03. The molecule has 3 heteroatoms. The fraction of sp³-hybridized carbons (Fsp3) is 0.111. The van der Waals surface area contributed by atoms with Gasteiger partial charge in [0.1, 0.15) is 0 Å². The molecule has 0 nitrogen and oxygen atoms in total. The van der Waals surface area contributed by atoms with E-state index in [1.54, 1.807) is 0 Å². The molecule has 3 aromatic carbocycles. The van der Waals surface area contributed by atoms with Gasteiger partial charge in [0.25, 0.3) is 0 Å². The zero-order valence-electron chi connectivity index (χ0n) is 11.2. The van der Waals surface area contributed by atoms with Crippen LogP contribution >= 0.6 is 39.1 Å². The number of alkyl halides is 1. The molecule has 106 valence electrons. The molecule has 0 aliphatic rings. The van der Waals surface area contributed by atoms with Gasteiger partial charge in [0.15, 0.2) is 0 Å². The van der Waals surface area contributed by atoms with E-state index in [1.165, 1.54) is 16.3 Å². The minimum Gasteiger partial charge on any atom is -0.117 e. The number of hydrogen-bond donors (Lipinski definition) is 0. The summed E-state index contributed by atoms with van der Waals surface area (Å²) in [5.74, 6) is 0. The highest BCUT2D eigenvalue weighted by molar-refractivity contribution is 9.10. The number of benzene rings is 3. The molecule has 0 bridgehead atoms. The first kappa shape index (κ1) is 14.9. The predicted octanol–water partition coefficient (Wildman–Crippen LogP) is 6.78. The lowest BCUT2D eigenvalue weighted by molar-refractivity contribution is 0.921. The van der Waals surface area contributed by atoms with E-state index in [-0.39, 0.29) is 5.38 Å². The van der Waals surface area contributed by atoms with Gasteiger partial charge in [-0.15, -0.1) is 11.6 Å². The maximum Gasteiger partial charge on any atom is 0.0625 e. The molecule has 21 heavy (non-hydrogen) atoms. The quantitative estimate of drug-likeness (QED) is 0.440. The summed E-state index contributed by atoms with van der Waals surface area (Å²) in [6, 6.07) is 20.7. The number of hydrogen-bond acceptors (Lipinski definition) is 0. The average molecular weight is 380 g/mol. The van der Waals surface area contributed by atoms with Crippen LogP contribution in [0.25, 0.3) is 10.8 Å². The van der Waals surface area contributed by atoms with E-state index < -0.39 is 0 Å². The van der Waals surface area contributed by atoms with Crippen LogP contribution in [0.1, 0.15) is 16.5 Å². The Morgan fingerprint density at radius 3 is 2.43 bits per heavy atom. The molecule has 0 radical (unpaired) electrons. The second kappa shape index (κ2) is 6.39. The molecule has 1 atom stereocenters. The first-order valence-electron chi connectivity index (χ1n) is 6.70. The average Bonchev–Trinajstić information content (AvgIpc) is 2.50. The molecular weight excluding hydrogens is 367 g/mol. The van der Waals surface area contributed by atoms with Crippen molar-refractivity contribution in [2.45, 2.75) is 11.8 Å². The van der Waals surface area contributed by atoms with Crippen molar-refractivity contribution >= 4 is 49.9 Å². The van der Waals surface area contributed by atoms with Crippen molar-refractivity contribution in [3.05, 3.63) is 81.3 Å². The number of fused-ring (bicyclic) bond motifs is 1. The monoisotopic (exact) mass is 378 g/mol. The third-order valence-electron chi connectivity index (χ3n) is 3.53. The number of halogens is 3. The van der Waals surface area contributed by atoms with Gasteiger partial charge in [-0.1, -0.05) is 60.1 Å². The summed E-state index contributed by atoms with van der Waals surface area (Å²) in [4.78, 5) is 0. The van der Waals surface area contributed by atoms with E-state index >= 15 is 0 Å². The zero-order chi connectivity index (χ0) is 14.8. The van der Waals surface area contributed by atoms with Crippen molar-refractivity contribution in [3.8, 4) is 0 Å². The smallest absolute Gasteiger partial charge is 0.0625 e. The van der Waals surface area contributed by atoms with Crippen molar-refractivity contribution < 1.29 is 0 Å². The third-order valence-corrected chi connectivity index (χ3v) is 5.15. The molecule has 0 heterocycles. The standard InChI is InChI=1S/C18H13BrCl2/c19-16-11-15(7-8-17(16)20)18(21)10-12-5-6-13-3-1-2-4-14(13)9-12/h1-9,11,18H,10H2. The Morgan fingerprint density at radius 1 is 0.905 bits per heavy atom. The first-order chi connectivity index (χ1) is 10.1. The Bertz CT molecular complexity index is 783. The van der Waals surface area contributed by atoms with E-state index in [0.29, 0.717) is 5.02 Å². The van der Waals surface area contributed by atoms with E-state index in [0.717, 1.165) is 16.5 Å². The van der Waals surface area contributed by atoms with Crippen LogP contribution in [-0.4, -0.2) is 0 Å². The molecule has 0 spiro atoms. The fourth-order valence-electron chi connectivity index (χ4n) is 2.40. The Labute approximate surface area is 142 Å². The summed E-state index contributed by atoms with van der Waals surface area (Å²) in [6.07, 6.45) is 0.792. The lowest BCUT2D eigenvalue weighted by Crippen LogP contribution is -1.96. The summed E-state index contributed by atoms with van der Waals surface area (Å²) in [5, 5.41) is 3.13. The van der Waals surface area contributed by atoms with Gasteiger partial charge in [-0.2, -0.15) is 0 Å². The summed E-state index contributed by atoms with van der Waals surface area (Å²) in [5.41, 5.74) is 2.31. The Kier molecular flexibility index (Phi) is 4.54. The normalized spacial score (nSPS) is 12.5. The maximum absolute atomic E-state index is 6.55. The molecule has 0 amide bonds. The molecule has 0 aliphatic heterocycles. The first-order valence-corrected chi connectivity index (χ1v) is 8.31. The fourth-order valence-corrected chi connectivity index (χ4v) is 3.23. The highest BCUT2D eigenvalue weighted by Gasteiger charge is 2.11. The molecule has 0 fully saturated rings. The lowest BCUT2D eigenvalue weighted by Gasteiger charge is -2.12. The van der Waals surface area contributed by atoms with E-state index in [2.05, 4.69) is 58.4 Å². The van der Waals surface area contributed by atoms with Crippen molar-refractivity contribution in [2.24, 2.45) is 0 Å². The highest BCUT2D eigenvalue weighted by atomic mass is 79.9. The third kappa shape index (κ3) is 3.42. The van der Waals surface area contributed by atoms with Crippen LogP contribution in [0.15, 0.2) is 65.1 Å². The molecule has 3 rings (SSSR count). The van der Waals surface area contributed by atoms with Crippen molar-refractivity contribution in [1.29, 1.82) is 0 Å². The predicted molar refractivity (Wildman–Crippen MR) is 95.4 cm³/mol. The minimum atomic E-state index is -0.0697. The van der Waals surface area contributed by atoms with Gasteiger partial charge >= 0.3 is 0 Å². The molecule has 1 unspecified atom stereocenters. The van der Waals surface area contributed by atoms with Gasteiger partial charge < -0.3 is 0 Å². The Morgan fingerprint density at radius 2 is 1.67 bits per heavy atom. The highest BCUT2D eigenvalue weighted by Crippen LogP contribution is 2.31. The van der Waals surface area contributed by atoms with Gasteiger partial charge in [-0.3, -0.25) is 0 Å². The Balaban J connectivity index is 1.85. The molecular formula is C18H13BrCl2. The van der Waals surface area contributed by atoms with Gasteiger partial charge in [0.2, 0.25) is 0 Å². The van der Waals surface area contributed by atoms with Crippen LogP contribution < -0.4 is 0 Å². The van der Waals surface area contributed by atoms with E-state index in [4.69, 9.17) is 23.2 Å². The molecule has 0 N–H and O–H groups in total. The Hall–Kier alpha value is -1.02. The molecule has 0 aliphatic carbocycles. The summed E-state index contributed by atoms with van der Waals surface area (Å²) in [6.45, 7) is 0. The van der Waals surface area contributed by atoms with Crippen LogP contribution in [0.5, 0.6) is 0 Å².